The summed E-state index contributed by atoms with van der Waals surface area (Å²) in [4.78, 5) is 19.7. The van der Waals surface area contributed by atoms with E-state index in [1.54, 1.807) is 6.07 Å². The summed E-state index contributed by atoms with van der Waals surface area (Å²) >= 11 is 13.7. The number of fused-ring (bicyclic) bond motifs is 1. The Hall–Kier alpha value is -1.82. The van der Waals surface area contributed by atoms with Crippen LogP contribution in [-0.2, 0) is 7.05 Å². The van der Waals surface area contributed by atoms with Crippen LogP contribution >= 0.6 is 34.5 Å². The van der Waals surface area contributed by atoms with Crippen molar-refractivity contribution in [2.45, 2.75) is 13.8 Å². The topological polar surface area (TPSA) is 37.6 Å². The summed E-state index contributed by atoms with van der Waals surface area (Å²) in [7, 11) is 1.84. The van der Waals surface area contributed by atoms with Crippen LogP contribution in [0.2, 0.25) is 10.0 Å². The number of anilines is 1. The van der Waals surface area contributed by atoms with Crippen molar-refractivity contribution in [3.8, 4) is 0 Å². The minimum Gasteiger partial charge on any atom is -0.372 e. The van der Waals surface area contributed by atoms with Gasteiger partial charge in [-0.2, -0.15) is 4.99 Å². The van der Waals surface area contributed by atoms with E-state index in [1.165, 1.54) is 11.3 Å². The minimum atomic E-state index is -0.277. The Balaban J connectivity index is 1.97. The molecule has 0 bridgehead atoms. The Morgan fingerprint density at radius 3 is 2.42 bits per heavy atom. The molecule has 0 saturated heterocycles. The minimum absolute atomic E-state index is 0.277. The van der Waals surface area contributed by atoms with Crippen molar-refractivity contribution in [2.24, 2.45) is 12.0 Å². The molecule has 0 aliphatic heterocycles. The molecular formula is C19H19Cl2N3OS. The standard InChI is InChI=1S/C19H19Cl2N3OS/c1-4-24(5-2)14-8-6-12(7-9-14)18(25)22-19-23(3)17-15(21)10-13(20)11-16(17)26-19/h6-11H,4-5H2,1-3H3. The number of amides is 1. The van der Waals surface area contributed by atoms with Crippen LogP contribution in [0.4, 0.5) is 5.69 Å². The first-order valence-electron chi connectivity index (χ1n) is 8.33. The molecule has 26 heavy (non-hydrogen) atoms. The summed E-state index contributed by atoms with van der Waals surface area (Å²) in [6.07, 6.45) is 0. The lowest BCUT2D eigenvalue weighted by Crippen LogP contribution is -2.21. The third-order valence-electron chi connectivity index (χ3n) is 4.26. The molecule has 7 heteroatoms. The first-order chi connectivity index (χ1) is 12.4. The highest BCUT2D eigenvalue weighted by Gasteiger charge is 2.11. The van der Waals surface area contributed by atoms with Crippen LogP contribution in [0.1, 0.15) is 24.2 Å². The second-order valence-electron chi connectivity index (χ2n) is 5.81. The number of hydrogen-bond donors (Lipinski definition) is 0. The van der Waals surface area contributed by atoms with E-state index in [-0.39, 0.29) is 5.91 Å². The molecule has 1 heterocycles. The van der Waals surface area contributed by atoms with E-state index < -0.39 is 0 Å². The van der Waals surface area contributed by atoms with Crippen LogP contribution in [0.25, 0.3) is 10.2 Å². The van der Waals surface area contributed by atoms with E-state index in [4.69, 9.17) is 23.2 Å². The van der Waals surface area contributed by atoms with Crippen LogP contribution < -0.4 is 9.70 Å². The van der Waals surface area contributed by atoms with E-state index in [1.807, 2.05) is 41.9 Å². The van der Waals surface area contributed by atoms with Crippen LogP contribution in [0.5, 0.6) is 0 Å². The monoisotopic (exact) mass is 407 g/mol. The van der Waals surface area contributed by atoms with E-state index in [0.717, 1.165) is 29.0 Å². The van der Waals surface area contributed by atoms with E-state index in [0.29, 0.717) is 20.4 Å². The van der Waals surface area contributed by atoms with Gasteiger partial charge >= 0.3 is 0 Å². The zero-order valence-electron chi connectivity index (χ0n) is 14.8. The molecule has 1 amide bonds. The number of aryl methyl sites for hydroxylation is 1. The maximum atomic E-state index is 12.6. The van der Waals surface area contributed by atoms with Gasteiger partial charge in [-0.15, -0.1) is 0 Å². The molecule has 136 valence electrons. The maximum Gasteiger partial charge on any atom is 0.279 e. The van der Waals surface area contributed by atoms with Crippen molar-refractivity contribution >= 4 is 56.3 Å². The van der Waals surface area contributed by atoms with Gasteiger partial charge in [-0.05, 0) is 50.2 Å². The van der Waals surface area contributed by atoms with Crippen molar-refractivity contribution < 1.29 is 4.79 Å². The summed E-state index contributed by atoms with van der Waals surface area (Å²) in [5, 5.41) is 1.11. The Bertz CT molecular complexity index is 1020. The summed E-state index contributed by atoms with van der Waals surface area (Å²) in [6, 6.07) is 11.1. The van der Waals surface area contributed by atoms with Gasteiger partial charge in [0.1, 0.15) is 0 Å². The number of hydrogen-bond acceptors (Lipinski definition) is 3. The van der Waals surface area contributed by atoms with Gasteiger partial charge in [0.2, 0.25) is 0 Å². The average molecular weight is 408 g/mol. The van der Waals surface area contributed by atoms with Gasteiger partial charge in [-0.1, -0.05) is 34.5 Å². The number of benzene rings is 2. The highest BCUT2D eigenvalue weighted by atomic mass is 35.5. The summed E-state index contributed by atoms with van der Waals surface area (Å²) in [5.41, 5.74) is 2.48. The lowest BCUT2D eigenvalue weighted by molar-refractivity contribution is 0.0998. The third-order valence-corrected chi connectivity index (χ3v) is 5.84. The lowest BCUT2D eigenvalue weighted by Gasteiger charge is -2.20. The number of rotatable bonds is 4. The zero-order valence-corrected chi connectivity index (χ0v) is 17.1. The van der Waals surface area contributed by atoms with Gasteiger partial charge in [0, 0.05) is 36.4 Å². The number of carbonyl (C=O) groups excluding carboxylic acids is 1. The quantitative estimate of drug-likeness (QED) is 0.600. The lowest BCUT2D eigenvalue weighted by atomic mass is 10.2. The normalized spacial score (nSPS) is 12.0. The fourth-order valence-electron chi connectivity index (χ4n) is 2.86. The first kappa shape index (κ1) is 19.0. The Morgan fingerprint density at radius 1 is 1.15 bits per heavy atom. The molecule has 0 aliphatic carbocycles. The molecule has 2 aromatic carbocycles. The first-order valence-corrected chi connectivity index (χ1v) is 9.90. The van der Waals surface area contributed by atoms with Gasteiger partial charge in [-0.3, -0.25) is 4.79 Å². The largest absolute Gasteiger partial charge is 0.372 e. The number of halogens is 2. The molecule has 0 aliphatic rings. The predicted octanol–water partition coefficient (Wildman–Crippen LogP) is 5.13. The van der Waals surface area contributed by atoms with Crippen molar-refractivity contribution in [1.82, 2.24) is 4.57 Å². The van der Waals surface area contributed by atoms with Crippen LogP contribution in [0, 0.1) is 0 Å². The van der Waals surface area contributed by atoms with E-state index in [9.17, 15) is 4.79 Å². The molecule has 3 aromatic rings. The fraction of sp³-hybridized carbons (Fsp3) is 0.263. The molecule has 3 rings (SSSR count). The van der Waals surface area contributed by atoms with Crippen LogP contribution in [0.15, 0.2) is 41.4 Å². The molecular weight excluding hydrogens is 389 g/mol. The van der Waals surface area contributed by atoms with Gasteiger partial charge in [0.15, 0.2) is 4.80 Å². The second-order valence-corrected chi connectivity index (χ2v) is 7.67. The van der Waals surface area contributed by atoms with Crippen LogP contribution in [0.3, 0.4) is 0 Å². The highest BCUT2D eigenvalue weighted by Crippen LogP contribution is 2.29. The Morgan fingerprint density at radius 2 is 1.81 bits per heavy atom. The van der Waals surface area contributed by atoms with Gasteiger partial charge in [0.25, 0.3) is 5.91 Å². The Kier molecular flexibility index (Phi) is 5.70. The van der Waals surface area contributed by atoms with Gasteiger partial charge < -0.3 is 9.47 Å². The number of aromatic nitrogens is 1. The smallest absolute Gasteiger partial charge is 0.279 e. The number of thiazole rings is 1. The average Bonchev–Trinajstić information content (AvgIpc) is 2.92. The molecule has 0 spiro atoms. The number of carbonyl (C=O) groups is 1. The van der Waals surface area contributed by atoms with Gasteiger partial charge in [0.05, 0.1) is 15.2 Å². The van der Waals surface area contributed by atoms with E-state index in [2.05, 4.69) is 23.7 Å². The van der Waals surface area contributed by atoms with Crippen molar-refractivity contribution in [3.05, 3.63) is 56.8 Å². The van der Waals surface area contributed by atoms with Gasteiger partial charge in [-0.25, -0.2) is 0 Å². The number of nitrogens with zero attached hydrogens (tertiary/aromatic N) is 3. The van der Waals surface area contributed by atoms with Crippen LogP contribution in [-0.4, -0.2) is 23.6 Å². The molecule has 0 atom stereocenters. The molecule has 1 aromatic heterocycles. The van der Waals surface area contributed by atoms with Crippen molar-refractivity contribution in [2.75, 3.05) is 18.0 Å². The highest BCUT2D eigenvalue weighted by molar-refractivity contribution is 7.16. The molecule has 0 unspecified atom stereocenters. The molecule has 0 fully saturated rings. The predicted molar refractivity (Wildman–Crippen MR) is 111 cm³/mol. The SMILES string of the molecule is CCN(CC)c1ccc(C(=O)N=c2sc3cc(Cl)cc(Cl)c3n2C)cc1. The maximum absolute atomic E-state index is 12.6. The summed E-state index contributed by atoms with van der Waals surface area (Å²) < 4.78 is 2.72. The molecule has 0 N–H and O–H groups in total. The Labute approximate surface area is 166 Å². The van der Waals surface area contributed by atoms with Crippen molar-refractivity contribution in [1.29, 1.82) is 0 Å². The zero-order chi connectivity index (χ0) is 18.8. The third kappa shape index (κ3) is 3.65. The summed E-state index contributed by atoms with van der Waals surface area (Å²) in [5.74, 6) is -0.277. The second kappa shape index (κ2) is 7.82. The summed E-state index contributed by atoms with van der Waals surface area (Å²) in [6.45, 7) is 6.07. The molecule has 4 nitrogen and oxygen atoms in total. The van der Waals surface area contributed by atoms with E-state index >= 15 is 0 Å². The van der Waals surface area contributed by atoms with Crippen molar-refractivity contribution in [3.63, 3.8) is 0 Å². The fourth-order valence-corrected chi connectivity index (χ4v) is 4.68. The molecule has 0 radical (unpaired) electrons. The molecule has 0 saturated carbocycles.